The zero-order valence-corrected chi connectivity index (χ0v) is 16.3. The van der Waals surface area contributed by atoms with Crippen molar-refractivity contribution in [1.29, 1.82) is 0 Å². The van der Waals surface area contributed by atoms with Gasteiger partial charge >= 0.3 is 0 Å². The lowest BCUT2D eigenvalue weighted by atomic mass is 9.96. The first-order valence-corrected chi connectivity index (χ1v) is 10.6. The third-order valence-corrected chi connectivity index (χ3v) is 6.35. The molecular weight excluding hydrogens is 364 g/mol. The van der Waals surface area contributed by atoms with Crippen LogP contribution in [0, 0.1) is 0 Å². The van der Waals surface area contributed by atoms with Crippen LogP contribution in [-0.4, -0.2) is 72.2 Å². The summed E-state index contributed by atoms with van der Waals surface area (Å²) in [6, 6.07) is 1.98. The quantitative estimate of drug-likeness (QED) is 0.793. The molecule has 0 aromatic carbocycles. The van der Waals surface area contributed by atoms with E-state index in [1.54, 1.807) is 11.3 Å². The Bertz CT molecular complexity index is 715. The normalized spacial score (nSPS) is 25.0. The Hall–Kier alpha value is -1.93. The second kappa shape index (κ2) is 7.98. The molecule has 2 fully saturated rings. The van der Waals surface area contributed by atoms with Crippen LogP contribution in [0.15, 0.2) is 22.0 Å². The number of hydrogen-bond donors (Lipinski definition) is 1. The molecule has 1 spiro atoms. The number of carbonyl (C=O) groups is 2. The number of hydrogen-bond acceptors (Lipinski definition) is 6. The van der Waals surface area contributed by atoms with Gasteiger partial charge in [-0.25, -0.2) is 0 Å². The molecule has 2 amide bonds. The number of thiophene rings is 1. The van der Waals surface area contributed by atoms with Crippen molar-refractivity contribution in [3.63, 3.8) is 0 Å². The van der Waals surface area contributed by atoms with Gasteiger partial charge in [-0.15, -0.1) is 0 Å². The summed E-state index contributed by atoms with van der Waals surface area (Å²) in [5.74, 6) is -0.0356. The van der Waals surface area contributed by atoms with Gasteiger partial charge in [-0.2, -0.15) is 11.3 Å². The van der Waals surface area contributed by atoms with Crippen molar-refractivity contribution in [2.75, 3.05) is 39.3 Å². The summed E-state index contributed by atoms with van der Waals surface area (Å²) in [6.45, 7) is 4.93. The first-order valence-electron chi connectivity index (χ1n) is 9.68. The minimum atomic E-state index is -0.522. The number of nitrogens with one attached hydrogen (secondary N) is 1. The molecule has 4 rings (SSSR count). The summed E-state index contributed by atoms with van der Waals surface area (Å²) >= 11 is 1.60. The second-order valence-electron chi connectivity index (χ2n) is 7.67. The molecule has 0 aliphatic carbocycles. The maximum atomic E-state index is 12.5. The first-order chi connectivity index (χ1) is 13.1. The molecule has 0 bridgehead atoms. The summed E-state index contributed by atoms with van der Waals surface area (Å²) < 4.78 is 0. The highest BCUT2D eigenvalue weighted by molar-refractivity contribution is 7.08. The Morgan fingerprint density at radius 2 is 2.15 bits per heavy atom. The number of rotatable bonds is 6. The van der Waals surface area contributed by atoms with Crippen molar-refractivity contribution in [2.24, 2.45) is 5.16 Å². The van der Waals surface area contributed by atoms with Crippen LogP contribution in [0.2, 0.25) is 0 Å². The number of carbonyl (C=O) groups excluding carboxylic acids is 2. The highest BCUT2D eigenvalue weighted by Gasteiger charge is 2.47. The molecule has 1 N–H and O–H groups in total. The van der Waals surface area contributed by atoms with Crippen LogP contribution in [0.4, 0.5) is 0 Å². The Kier molecular flexibility index (Phi) is 5.45. The van der Waals surface area contributed by atoms with Crippen molar-refractivity contribution in [1.82, 2.24) is 15.1 Å². The van der Waals surface area contributed by atoms with Gasteiger partial charge in [0, 0.05) is 32.5 Å². The zero-order valence-electron chi connectivity index (χ0n) is 15.5. The van der Waals surface area contributed by atoms with Crippen LogP contribution in [0.5, 0.6) is 0 Å². The molecule has 4 heterocycles. The minimum Gasteiger partial charge on any atom is -0.386 e. The van der Waals surface area contributed by atoms with E-state index in [2.05, 4.69) is 15.4 Å². The molecule has 8 heteroatoms. The Balaban J connectivity index is 1.23. The minimum absolute atomic E-state index is 0.109. The van der Waals surface area contributed by atoms with E-state index in [1.165, 1.54) is 12.8 Å². The number of likely N-dealkylation sites (tertiary alicyclic amines) is 2. The molecular formula is C19H26N4O3S. The van der Waals surface area contributed by atoms with Crippen molar-refractivity contribution in [3.8, 4) is 0 Å². The van der Waals surface area contributed by atoms with Gasteiger partial charge in [0.05, 0.1) is 13.0 Å². The van der Waals surface area contributed by atoms with Crippen LogP contribution in [0.25, 0.3) is 0 Å². The molecule has 0 radical (unpaired) electrons. The Morgan fingerprint density at radius 3 is 2.93 bits per heavy atom. The first kappa shape index (κ1) is 18.4. The van der Waals surface area contributed by atoms with Crippen molar-refractivity contribution >= 4 is 28.9 Å². The van der Waals surface area contributed by atoms with Gasteiger partial charge < -0.3 is 20.0 Å². The van der Waals surface area contributed by atoms with Gasteiger partial charge in [0.1, 0.15) is 5.71 Å². The topological polar surface area (TPSA) is 74.2 Å². The molecule has 1 atom stereocenters. The molecule has 2 saturated heterocycles. The van der Waals surface area contributed by atoms with E-state index >= 15 is 0 Å². The lowest BCUT2D eigenvalue weighted by Gasteiger charge is -2.21. The molecule has 27 heavy (non-hydrogen) atoms. The van der Waals surface area contributed by atoms with E-state index in [1.807, 2.05) is 21.7 Å². The fourth-order valence-corrected chi connectivity index (χ4v) is 4.70. The van der Waals surface area contributed by atoms with Gasteiger partial charge in [0.25, 0.3) is 5.91 Å². The summed E-state index contributed by atoms with van der Waals surface area (Å²) in [6.07, 6.45) is 4.11. The summed E-state index contributed by atoms with van der Waals surface area (Å²) in [5, 5.41) is 11.0. The monoisotopic (exact) mass is 390 g/mol. The third kappa shape index (κ3) is 4.32. The lowest BCUT2D eigenvalue weighted by Crippen LogP contribution is -2.40. The van der Waals surface area contributed by atoms with E-state index < -0.39 is 5.60 Å². The Morgan fingerprint density at radius 1 is 1.30 bits per heavy atom. The molecule has 3 aliphatic heterocycles. The fourth-order valence-electron chi connectivity index (χ4n) is 4.04. The molecule has 0 unspecified atom stereocenters. The number of oxime groups is 1. The maximum absolute atomic E-state index is 12.5. The Labute approximate surface area is 163 Å². The second-order valence-corrected chi connectivity index (χ2v) is 8.45. The van der Waals surface area contributed by atoms with E-state index in [0.717, 1.165) is 31.6 Å². The van der Waals surface area contributed by atoms with Gasteiger partial charge in [0.2, 0.25) is 5.91 Å². The highest BCUT2D eigenvalue weighted by atomic mass is 32.1. The van der Waals surface area contributed by atoms with E-state index in [4.69, 9.17) is 4.84 Å². The summed E-state index contributed by atoms with van der Waals surface area (Å²) in [7, 11) is 0. The standard InChI is InChI=1S/C19H26N4O3S/c24-17(11-15-3-10-27-13-15)23-8-4-19(14-23)12-16(21-26-19)18(25)20-5-9-22-6-1-2-7-22/h3,10,13H,1-2,4-9,11-12,14H2,(H,20,25)/t19-/m1/s1. The van der Waals surface area contributed by atoms with Gasteiger partial charge in [-0.3, -0.25) is 9.59 Å². The van der Waals surface area contributed by atoms with E-state index in [0.29, 0.717) is 38.2 Å². The van der Waals surface area contributed by atoms with Crippen molar-refractivity contribution in [3.05, 3.63) is 22.4 Å². The average molecular weight is 391 g/mol. The van der Waals surface area contributed by atoms with Crippen molar-refractivity contribution < 1.29 is 14.4 Å². The molecule has 1 aromatic heterocycles. The van der Waals surface area contributed by atoms with E-state index in [-0.39, 0.29) is 11.8 Å². The number of nitrogens with zero attached hydrogens (tertiary/aromatic N) is 3. The molecule has 7 nitrogen and oxygen atoms in total. The van der Waals surface area contributed by atoms with Crippen LogP contribution < -0.4 is 5.32 Å². The van der Waals surface area contributed by atoms with Gasteiger partial charge in [0.15, 0.2) is 5.60 Å². The summed E-state index contributed by atoms with van der Waals surface area (Å²) in [5.41, 5.74) is 0.975. The number of amides is 2. The highest BCUT2D eigenvalue weighted by Crippen LogP contribution is 2.34. The van der Waals surface area contributed by atoms with Crippen LogP contribution in [0.1, 0.15) is 31.2 Å². The zero-order chi connectivity index (χ0) is 18.7. The average Bonchev–Trinajstić information content (AvgIpc) is 3.44. The third-order valence-electron chi connectivity index (χ3n) is 5.62. The molecule has 1 aromatic rings. The molecule has 146 valence electrons. The molecule has 0 saturated carbocycles. The van der Waals surface area contributed by atoms with Crippen LogP contribution >= 0.6 is 11.3 Å². The van der Waals surface area contributed by atoms with Crippen LogP contribution in [-0.2, 0) is 20.8 Å². The lowest BCUT2D eigenvalue weighted by molar-refractivity contribution is -0.130. The van der Waals surface area contributed by atoms with Gasteiger partial charge in [-0.05, 0) is 48.3 Å². The smallest absolute Gasteiger partial charge is 0.269 e. The predicted molar refractivity (Wildman–Crippen MR) is 104 cm³/mol. The predicted octanol–water partition coefficient (Wildman–Crippen LogP) is 1.25. The van der Waals surface area contributed by atoms with Crippen molar-refractivity contribution in [2.45, 2.75) is 37.7 Å². The SMILES string of the molecule is O=C(NCCN1CCCC1)C1=NO[C@]2(CCN(C(=O)Cc3ccsc3)C2)C1. The van der Waals surface area contributed by atoms with E-state index in [9.17, 15) is 9.59 Å². The molecule has 3 aliphatic rings. The maximum Gasteiger partial charge on any atom is 0.269 e. The summed E-state index contributed by atoms with van der Waals surface area (Å²) in [4.78, 5) is 34.7. The fraction of sp³-hybridized carbons (Fsp3) is 0.632. The largest absolute Gasteiger partial charge is 0.386 e. The van der Waals surface area contributed by atoms with Crippen LogP contribution in [0.3, 0.4) is 0 Å². The van der Waals surface area contributed by atoms with Gasteiger partial charge in [-0.1, -0.05) is 5.16 Å².